The number of benzene rings is 1. The number of hydrogen-bond acceptors (Lipinski definition) is 6. The van der Waals surface area contributed by atoms with Crippen LogP contribution in [0.4, 0.5) is 11.5 Å². The minimum Gasteiger partial charge on any atom is -0.360 e. The molecule has 1 fully saturated rings. The van der Waals surface area contributed by atoms with Crippen LogP contribution in [-0.2, 0) is 14.4 Å². The van der Waals surface area contributed by atoms with Crippen LogP contribution in [-0.4, -0.2) is 28.1 Å². The maximum atomic E-state index is 12.6. The third kappa shape index (κ3) is 3.96. The number of nitrogens with one attached hydrogen (secondary N) is 1. The second kappa shape index (κ2) is 7.74. The summed E-state index contributed by atoms with van der Waals surface area (Å²) in [6, 6.07) is 8.79. The zero-order valence-corrected chi connectivity index (χ0v) is 15.3. The van der Waals surface area contributed by atoms with Crippen molar-refractivity contribution in [3.05, 3.63) is 36.1 Å². The lowest BCUT2D eigenvalue weighted by Gasteiger charge is -2.11. The fraction of sp³-hybridized carbons (Fsp3) is 0.333. The molecule has 1 saturated heterocycles. The number of amides is 3. The van der Waals surface area contributed by atoms with Crippen molar-refractivity contribution < 1.29 is 18.9 Å². The van der Waals surface area contributed by atoms with E-state index in [4.69, 9.17) is 4.52 Å². The van der Waals surface area contributed by atoms with Gasteiger partial charge in [0.2, 0.25) is 17.7 Å². The van der Waals surface area contributed by atoms with E-state index in [2.05, 4.69) is 10.5 Å². The maximum absolute atomic E-state index is 12.6. The summed E-state index contributed by atoms with van der Waals surface area (Å²) in [5.74, 6) is 0.160. The van der Waals surface area contributed by atoms with Gasteiger partial charge in [-0.25, -0.2) is 4.90 Å². The van der Waals surface area contributed by atoms with Crippen molar-refractivity contribution in [1.82, 2.24) is 5.16 Å². The van der Waals surface area contributed by atoms with Crippen LogP contribution in [0, 0.1) is 6.92 Å². The Morgan fingerprint density at radius 1 is 1.35 bits per heavy atom. The Morgan fingerprint density at radius 3 is 2.69 bits per heavy atom. The summed E-state index contributed by atoms with van der Waals surface area (Å²) >= 11 is 1.32. The monoisotopic (exact) mass is 373 g/mol. The van der Waals surface area contributed by atoms with E-state index in [0.29, 0.717) is 17.9 Å². The molecule has 3 rings (SSSR count). The molecule has 1 aromatic heterocycles. The van der Waals surface area contributed by atoms with Crippen LogP contribution in [0.2, 0.25) is 0 Å². The summed E-state index contributed by atoms with van der Waals surface area (Å²) in [6.07, 6.45) is 1.38. The highest BCUT2D eigenvalue weighted by Gasteiger charge is 2.41. The van der Waals surface area contributed by atoms with Gasteiger partial charge in [-0.1, -0.05) is 12.1 Å². The molecule has 0 spiro atoms. The van der Waals surface area contributed by atoms with Gasteiger partial charge in [0.1, 0.15) is 5.76 Å². The van der Waals surface area contributed by atoms with Crippen molar-refractivity contribution in [3.63, 3.8) is 0 Å². The molecule has 0 saturated carbocycles. The van der Waals surface area contributed by atoms with E-state index in [1.165, 1.54) is 11.8 Å². The second-order valence-electron chi connectivity index (χ2n) is 6.00. The molecule has 0 bridgehead atoms. The molecule has 1 N–H and O–H groups in total. The number of thioether (sulfide) groups is 1. The van der Waals surface area contributed by atoms with Gasteiger partial charge in [0.25, 0.3) is 0 Å². The Morgan fingerprint density at radius 2 is 2.08 bits per heavy atom. The van der Waals surface area contributed by atoms with Crippen molar-refractivity contribution >= 4 is 41.0 Å². The van der Waals surface area contributed by atoms with Gasteiger partial charge < -0.3 is 9.84 Å². The molecule has 1 aromatic carbocycles. The van der Waals surface area contributed by atoms with E-state index >= 15 is 0 Å². The van der Waals surface area contributed by atoms with Gasteiger partial charge >= 0.3 is 0 Å². The first-order chi connectivity index (χ1) is 12.5. The van der Waals surface area contributed by atoms with Crippen LogP contribution < -0.4 is 10.2 Å². The molecule has 3 amide bonds. The quantitative estimate of drug-likeness (QED) is 0.782. The minimum absolute atomic E-state index is 0.0250. The van der Waals surface area contributed by atoms with E-state index in [-0.39, 0.29) is 30.0 Å². The standard InChI is InChI=1S/C18H19N3O4S/c1-3-4-16(22)19-12-5-7-13(8-6-12)26-14-10-17(23)21(18(14)24)15-9-11(2)25-20-15/h5-9,14H,3-4,10H2,1-2H3,(H,19,22). The molecule has 2 aromatic rings. The number of aromatic nitrogens is 1. The molecule has 8 heteroatoms. The first-order valence-electron chi connectivity index (χ1n) is 8.34. The molecular formula is C18H19N3O4S. The third-order valence-corrected chi connectivity index (χ3v) is 5.04. The number of imide groups is 1. The van der Waals surface area contributed by atoms with E-state index in [0.717, 1.165) is 16.2 Å². The van der Waals surface area contributed by atoms with Crippen molar-refractivity contribution in [2.75, 3.05) is 10.2 Å². The number of rotatable bonds is 6. The number of nitrogens with zero attached hydrogens (tertiary/aromatic N) is 2. The van der Waals surface area contributed by atoms with Gasteiger partial charge in [-0.3, -0.25) is 14.4 Å². The molecule has 1 aliphatic rings. The van der Waals surface area contributed by atoms with Gasteiger partial charge in [-0.2, -0.15) is 0 Å². The van der Waals surface area contributed by atoms with E-state index in [9.17, 15) is 14.4 Å². The highest BCUT2D eigenvalue weighted by atomic mass is 32.2. The molecule has 1 aliphatic heterocycles. The maximum Gasteiger partial charge on any atom is 0.249 e. The Balaban J connectivity index is 1.65. The summed E-state index contributed by atoms with van der Waals surface area (Å²) < 4.78 is 4.95. The number of anilines is 2. The van der Waals surface area contributed by atoms with E-state index < -0.39 is 5.25 Å². The minimum atomic E-state index is -0.500. The van der Waals surface area contributed by atoms with Crippen LogP contribution in [0.25, 0.3) is 0 Å². The van der Waals surface area contributed by atoms with Crippen molar-refractivity contribution in [2.45, 2.75) is 43.3 Å². The molecular weight excluding hydrogens is 354 g/mol. The van der Waals surface area contributed by atoms with Crippen LogP contribution in [0.15, 0.2) is 39.8 Å². The first-order valence-corrected chi connectivity index (χ1v) is 9.22. The zero-order chi connectivity index (χ0) is 18.7. The predicted molar refractivity (Wildman–Crippen MR) is 98.0 cm³/mol. The zero-order valence-electron chi connectivity index (χ0n) is 14.5. The molecule has 7 nitrogen and oxygen atoms in total. The normalized spacial score (nSPS) is 17.0. The SMILES string of the molecule is CCCC(=O)Nc1ccc(SC2CC(=O)N(c3cc(C)on3)C2=O)cc1. The van der Waals surface area contributed by atoms with Gasteiger partial charge in [0.05, 0.1) is 5.25 Å². The largest absolute Gasteiger partial charge is 0.360 e. The smallest absolute Gasteiger partial charge is 0.249 e. The molecule has 2 heterocycles. The highest BCUT2D eigenvalue weighted by Crippen LogP contribution is 2.34. The number of hydrogen-bond donors (Lipinski definition) is 1. The molecule has 1 unspecified atom stereocenters. The Hall–Kier alpha value is -2.61. The topological polar surface area (TPSA) is 92.5 Å². The van der Waals surface area contributed by atoms with Crippen LogP contribution in [0.3, 0.4) is 0 Å². The summed E-state index contributed by atoms with van der Waals surface area (Å²) in [7, 11) is 0. The summed E-state index contributed by atoms with van der Waals surface area (Å²) in [5.41, 5.74) is 0.710. The fourth-order valence-electron chi connectivity index (χ4n) is 2.63. The van der Waals surface area contributed by atoms with Gasteiger partial charge in [0.15, 0.2) is 5.82 Å². The molecule has 136 valence electrons. The Bertz CT molecular complexity index is 831. The fourth-order valence-corrected chi connectivity index (χ4v) is 3.68. The average molecular weight is 373 g/mol. The predicted octanol–water partition coefficient (Wildman–Crippen LogP) is 3.15. The molecule has 26 heavy (non-hydrogen) atoms. The third-order valence-electron chi connectivity index (χ3n) is 3.84. The molecule has 1 atom stereocenters. The van der Waals surface area contributed by atoms with Crippen molar-refractivity contribution in [3.8, 4) is 0 Å². The van der Waals surface area contributed by atoms with Crippen LogP contribution in [0.5, 0.6) is 0 Å². The average Bonchev–Trinajstić information content (AvgIpc) is 3.13. The lowest BCUT2D eigenvalue weighted by atomic mass is 10.3. The van der Waals surface area contributed by atoms with Gasteiger partial charge in [0, 0.05) is 29.5 Å². The Labute approximate surface area is 155 Å². The Kier molecular flexibility index (Phi) is 5.41. The molecule has 0 radical (unpaired) electrons. The second-order valence-corrected chi connectivity index (χ2v) is 7.27. The van der Waals surface area contributed by atoms with Crippen LogP contribution >= 0.6 is 11.8 Å². The number of carbonyl (C=O) groups is 3. The lowest BCUT2D eigenvalue weighted by Crippen LogP contribution is -2.31. The van der Waals surface area contributed by atoms with Crippen molar-refractivity contribution in [1.29, 1.82) is 0 Å². The summed E-state index contributed by atoms with van der Waals surface area (Å²) in [4.78, 5) is 38.3. The van der Waals surface area contributed by atoms with Gasteiger partial charge in [-0.15, -0.1) is 11.8 Å². The lowest BCUT2D eigenvalue weighted by molar-refractivity contribution is -0.121. The summed E-state index contributed by atoms with van der Waals surface area (Å²) in [6.45, 7) is 3.65. The molecule has 0 aliphatic carbocycles. The summed E-state index contributed by atoms with van der Waals surface area (Å²) in [5, 5.41) is 6.07. The van der Waals surface area contributed by atoms with Crippen LogP contribution in [0.1, 0.15) is 31.9 Å². The van der Waals surface area contributed by atoms with E-state index in [1.54, 1.807) is 25.1 Å². The highest BCUT2D eigenvalue weighted by molar-refractivity contribution is 8.00. The van der Waals surface area contributed by atoms with Gasteiger partial charge in [-0.05, 0) is 37.6 Å². The first kappa shape index (κ1) is 18.2. The number of aryl methyl sites for hydroxylation is 1. The van der Waals surface area contributed by atoms with Crippen molar-refractivity contribution in [2.24, 2.45) is 0 Å². The van der Waals surface area contributed by atoms with E-state index in [1.807, 2.05) is 19.1 Å². The number of carbonyl (C=O) groups excluding carboxylic acids is 3.